The highest BCUT2D eigenvalue weighted by Gasteiger charge is 2.41. The second-order valence-corrected chi connectivity index (χ2v) is 10.6. The molecule has 3 aromatic carbocycles. The molecule has 0 unspecified atom stereocenters. The Kier molecular flexibility index (Phi) is 6.78. The van der Waals surface area contributed by atoms with Gasteiger partial charge in [-0.3, -0.25) is 14.2 Å². The van der Waals surface area contributed by atoms with E-state index in [9.17, 15) is 14.0 Å². The van der Waals surface area contributed by atoms with Crippen LogP contribution in [0.3, 0.4) is 0 Å². The SMILES string of the molecule is C[C@@]1(c2nc3ccc(Cl)cc3o2)CC(c2ccc3c(=O)n(-c4ccc(F)cc4)c(CCCCC(=O)O)nc3c2)=NO1. The Balaban J connectivity index is 1.34. The number of carboxylic acid groups (broad SMARTS) is 1. The first-order valence-corrected chi connectivity index (χ1v) is 13.4. The number of fused-ring (bicyclic) bond motifs is 2. The van der Waals surface area contributed by atoms with Gasteiger partial charge in [0.05, 0.1) is 22.3 Å². The van der Waals surface area contributed by atoms with Gasteiger partial charge in [0.2, 0.25) is 11.5 Å². The molecule has 41 heavy (non-hydrogen) atoms. The zero-order chi connectivity index (χ0) is 28.7. The van der Waals surface area contributed by atoms with Crippen molar-refractivity contribution in [2.75, 3.05) is 0 Å². The average molecular weight is 575 g/mol. The fourth-order valence-electron chi connectivity index (χ4n) is 4.93. The smallest absolute Gasteiger partial charge is 0.303 e. The van der Waals surface area contributed by atoms with Crippen LogP contribution >= 0.6 is 11.6 Å². The summed E-state index contributed by atoms with van der Waals surface area (Å²) in [5, 5.41) is 14.2. The Bertz CT molecular complexity index is 1900. The van der Waals surface area contributed by atoms with Gasteiger partial charge in [0.15, 0.2) is 5.58 Å². The maximum Gasteiger partial charge on any atom is 0.303 e. The molecule has 1 aliphatic rings. The van der Waals surface area contributed by atoms with E-state index in [1.165, 1.54) is 28.8 Å². The highest BCUT2D eigenvalue weighted by Crippen LogP contribution is 2.37. The summed E-state index contributed by atoms with van der Waals surface area (Å²) in [7, 11) is 0. The summed E-state index contributed by atoms with van der Waals surface area (Å²) in [5.41, 5.74) is 2.27. The molecule has 1 atom stereocenters. The molecule has 0 saturated heterocycles. The van der Waals surface area contributed by atoms with Crippen LogP contribution in [-0.4, -0.2) is 31.3 Å². The van der Waals surface area contributed by atoms with Crippen LogP contribution in [0.4, 0.5) is 4.39 Å². The minimum atomic E-state index is -0.940. The van der Waals surface area contributed by atoms with E-state index in [0.717, 1.165) is 5.56 Å². The van der Waals surface area contributed by atoms with E-state index in [1.807, 2.05) is 6.92 Å². The Hall–Kier alpha value is -4.57. The fraction of sp³-hybridized carbons (Fsp3) is 0.233. The largest absolute Gasteiger partial charge is 0.481 e. The zero-order valence-electron chi connectivity index (χ0n) is 21.9. The van der Waals surface area contributed by atoms with Crippen molar-refractivity contribution in [3.8, 4) is 5.69 Å². The van der Waals surface area contributed by atoms with Gasteiger partial charge in [0.25, 0.3) is 5.56 Å². The van der Waals surface area contributed by atoms with Crippen molar-refractivity contribution in [3.63, 3.8) is 0 Å². The summed E-state index contributed by atoms with van der Waals surface area (Å²) in [5.74, 6) is -0.476. The van der Waals surface area contributed by atoms with Gasteiger partial charge in [-0.1, -0.05) is 22.8 Å². The molecule has 2 aromatic heterocycles. The lowest BCUT2D eigenvalue weighted by molar-refractivity contribution is -0.137. The second kappa shape index (κ2) is 10.4. The van der Waals surface area contributed by atoms with E-state index < -0.39 is 17.4 Å². The first-order valence-electron chi connectivity index (χ1n) is 13.1. The number of unbranched alkanes of at least 4 members (excludes halogenated alkanes) is 1. The van der Waals surface area contributed by atoms with Crippen LogP contribution < -0.4 is 5.56 Å². The Morgan fingerprint density at radius 2 is 1.88 bits per heavy atom. The van der Waals surface area contributed by atoms with Crippen LogP contribution in [0.25, 0.3) is 27.7 Å². The topological polar surface area (TPSA) is 120 Å². The molecule has 0 saturated carbocycles. The zero-order valence-corrected chi connectivity index (χ0v) is 22.7. The molecule has 0 radical (unpaired) electrons. The predicted octanol–water partition coefficient (Wildman–Crippen LogP) is 6.16. The number of rotatable bonds is 8. The van der Waals surface area contributed by atoms with Gasteiger partial charge in [0, 0.05) is 35.9 Å². The van der Waals surface area contributed by atoms with Gasteiger partial charge >= 0.3 is 5.97 Å². The van der Waals surface area contributed by atoms with Gasteiger partial charge < -0.3 is 14.4 Å². The van der Waals surface area contributed by atoms with Crippen molar-refractivity contribution >= 4 is 45.3 Å². The monoisotopic (exact) mass is 574 g/mol. The van der Waals surface area contributed by atoms with Crippen molar-refractivity contribution in [2.24, 2.45) is 5.16 Å². The van der Waals surface area contributed by atoms with Crippen molar-refractivity contribution in [1.29, 1.82) is 0 Å². The molecule has 9 nitrogen and oxygen atoms in total. The number of benzene rings is 3. The summed E-state index contributed by atoms with van der Waals surface area (Å²) < 4.78 is 21.0. The van der Waals surface area contributed by atoms with Crippen molar-refractivity contribution in [3.05, 3.63) is 99.1 Å². The quantitative estimate of drug-likeness (QED) is 0.220. The number of carbonyl (C=O) groups is 1. The summed E-state index contributed by atoms with van der Waals surface area (Å²) in [4.78, 5) is 39.8. The Labute approximate surface area is 237 Å². The van der Waals surface area contributed by atoms with Gasteiger partial charge in [-0.15, -0.1) is 0 Å². The number of oxime groups is 1. The Morgan fingerprint density at radius 3 is 2.66 bits per heavy atom. The average Bonchev–Trinajstić information content (AvgIpc) is 3.56. The molecular formula is C30H24ClFN4O5. The number of aliphatic carboxylic acids is 1. The van der Waals surface area contributed by atoms with Crippen LogP contribution in [0.5, 0.6) is 0 Å². The third-order valence-corrected chi connectivity index (χ3v) is 7.30. The van der Waals surface area contributed by atoms with E-state index in [0.29, 0.717) is 75.8 Å². The number of aromatic nitrogens is 3. The molecular weight excluding hydrogens is 551 g/mol. The lowest BCUT2D eigenvalue weighted by Crippen LogP contribution is -2.24. The van der Waals surface area contributed by atoms with Gasteiger partial charge in [-0.2, -0.15) is 0 Å². The minimum absolute atomic E-state index is 0.0181. The lowest BCUT2D eigenvalue weighted by Gasteiger charge is -2.16. The number of oxazole rings is 1. The molecule has 5 aromatic rings. The molecule has 0 bridgehead atoms. The first-order chi connectivity index (χ1) is 19.7. The van der Waals surface area contributed by atoms with E-state index in [-0.39, 0.29) is 12.0 Å². The molecule has 3 heterocycles. The van der Waals surface area contributed by atoms with E-state index >= 15 is 0 Å². The fourth-order valence-corrected chi connectivity index (χ4v) is 5.09. The first kappa shape index (κ1) is 26.6. The molecule has 0 fully saturated rings. The summed E-state index contributed by atoms with van der Waals surface area (Å²) >= 11 is 6.08. The molecule has 1 N–H and O–H groups in total. The minimum Gasteiger partial charge on any atom is -0.481 e. The Morgan fingerprint density at radius 1 is 1.07 bits per heavy atom. The normalized spacial score (nSPS) is 16.7. The number of hydrogen-bond donors (Lipinski definition) is 1. The van der Waals surface area contributed by atoms with E-state index in [2.05, 4.69) is 10.1 Å². The van der Waals surface area contributed by atoms with Gasteiger partial charge in [-0.25, -0.2) is 14.4 Å². The van der Waals surface area contributed by atoms with Crippen LogP contribution in [0.1, 0.15) is 49.9 Å². The molecule has 1 aliphatic heterocycles. The number of carboxylic acids is 1. The van der Waals surface area contributed by atoms with Gasteiger partial charge in [0.1, 0.15) is 17.2 Å². The van der Waals surface area contributed by atoms with Crippen molar-refractivity contribution < 1.29 is 23.5 Å². The highest BCUT2D eigenvalue weighted by atomic mass is 35.5. The third-order valence-electron chi connectivity index (χ3n) is 7.06. The van der Waals surface area contributed by atoms with Crippen LogP contribution in [0.2, 0.25) is 5.02 Å². The molecule has 11 heteroatoms. The van der Waals surface area contributed by atoms with Gasteiger partial charge in [-0.05, 0) is 68.3 Å². The van der Waals surface area contributed by atoms with Crippen LogP contribution in [-0.2, 0) is 21.7 Å². The second-order valence-electron chi connectivity index (χ2n) is 10.1. The molecule has 0 spiro atoms. The maximum atomic E-state index is 13.7. The third kappa shape index (κ3) is 5.18. The predicted molar refractivity (Wildman–Crippen MR) is 151 cm³/mol. The molecule has 6 rings (SSSR count). The van der Waals surface area contributed by atoms with Crippen molar-refractivity contribution in [2.45, 2.75) is 44.6 Å². The summed E-state index contributed by atoms with van der Waals surface area (Å²) in [6, 6.07) is 16.1. The maximum absolute atomic E-state index is 13.7. The van der Waals surface area contributed by atoms with Crippen LogP contribution in [0.15, 0.2) is 75.0 Å². The standard InChI is InChI=1S/C30H24ClFN4O5/c1-30(29-34-22-13-7-18(31)15-25(22)40-29)16-24(35-41-30)17-6-12-21-23(14-17)33-26(4-2-3-5-27(37)38)36(28(21)39)20-10-8-19(32)9-11-20/h6-15H,2-5,16H2,1H3,(H,37,38)/t30-/m0/s1. The molecule has 0 amide bonds. The molecule has 0 aliphatic carbocycles. The van der Waals surface area contributed by atoms with Crippen molar-refractivity contribution in [1.82, 2.24) is 14.5 Å². The molecule has 208 valence electrons. The summed E-state index contributed by atoms with van der Waals surface area (Å²) in [6.45, 7) is 1.84. The lowest BCUT2D eigenvalue weighted by atomic mass is 9.95. The number of halogens is 2. The highest BCUT2D eigenvalue weighted by molar-refractivity contribution is 6.31. The van der Waals surface area contributed by atoms with Crippen LogP contribution in [0, 0.1) is 5.82 Å². The number of hydrogen-bond acceptors (Lipinski definition) is 7. The number of aryl methyl sites for hydroxylation is 1. The van der Waals surface area contributed by atoms with E-state index in [1.54, 1.807) is 36.4 Å². The van der Waals surface area contributed by atoms with E-state index in [4.69, 9.17) is 30.9 Å². The number of nitrogens with zero attached hydrogens (tertiary/aromatic N) is 4. The summed E-state index contributed by atoms with van der Waals surface area (Å²) in [6.07, 6.45) is 1.70.